The Balaban J connectivity index is 2.21. The smallest absolute Gasteiger partial charge is 0.122 e. The van der Waals surface area contributed by atoms with Gasteiger partial charge < -0.3 is 9.64 Å². The van der Waals surface area contributed by atoms with Gasteiger partial charge in [-0.15, -0.1) is 0 Å². The van der Waals surface area contributed by atoms with Crippen LogP contribution in [-0.2, 0) is 12.8 Å². The summed E-state index contributed by atoms with van der Waals surface area (Å²) in [6.07, 6.45) is 7.46. The molecule has 0 aromatic heterocycles. The van der Waals surface area contributed by atoms with Crippen LogP contribution in [0.2, 0.25) is 0 Å². The first-order chi connectivity index (χ1) is 9.80. The Morgan fingerprint density at radius 1 is 1.20 bits per heavy atom. The van der Waals surface area contributed by atoms with Crippen molar-refractivity contribution in [3.63, 3.8) is 0 Å². The Hall–Kier alpha value is -1.02. The quantitative estimate of drug-likeness (QED) is 0.726. The van der Waals surface area contributed by atoms with Crippen molar-refractivity contribution in [2.45, 2.75) is 58.4 Å². The van der Waals surface area contributed by atoms with E-state index < -0.39 is 0 Å². The van der Waals surface area contributed by atoms with Gasteiger partial charge in [-0.25, -0.2) is 0 Å². The maximum atomic E-state index is 5.60. The lowest BCUT2D eigenvalue weighted by Crippen LogP contribution is -2.37. The molecule has 0 amide bonds. The Labute approximate surface area is 124 Å². The molecule has 0 saturated heterocycles. The molecule has 2 nitrogen and oxygen atoms in total. The summed E-state index contributed by atoms with van der Waals surface area (Å²) in [5.41, 5.74) is 2.95. The topological polar surface area (TPSA) is 12.5 Å². The summed E-state index contributed by atoms with van der Waals surface area (Å²) in [6, 6.07) is 7.22. The van der Waals surface area contributed by atoms with Gasteiger partial charge in [-0.05, 0) is 68.8 Å². The van der Waals surface area contributed by atoms with E-state index in [1.54, 1.807) is 7.11 Å². The molecule has 0 spiro atoms. The number of fused-ring (bicyclic) bond motifs is 1. The molecular weight excluding hydrogens is 246 g/mol. The van der Waals surface area contributed by atoms with Gasteiger partial charge in [0, 0.05) is 6.04 Å². The lowest BCUT2D eigenvalue weighted by atomic mass is 9.99. The Morgan fingerprint density at radius 3 is 2.60 bits per heavy atom. The highest BCUT2D eigenvalue weighted by Crippen LogP contribution is 2.30. The van der Waals surface area contributed by atoms with E-state index in [9.17, 15) is 0 Å². The molecule has 0 radical (unpaired) electrons. The lowest BCUT2D eigenvalue weighted by molar-refractivity contribution is 0.184. The molecule has 1 atom stereocenters. The van der Waals surface area contributed by atoms with Crippen LogP contribution in [0.4, 0.5) is 0 Å². The molecule has 0 unspecified atom stereocenters. The van der Waals surface area contributed by atoms with Crippen molar-refractivity contribution in [1.29, 1.82) is 0 Å². The van der Waals surface area contributed by atoms with Crippen LogP contribution >= 0.6 is 0 Å². The van der Waals surface area contributed by atoms with E-state index in [-0.39, 0.29) is 0 Å². The van der Waals surface area contributed by atoms with Crippen molar-refractivity contribution in [2.75, 3.05) is 20.2 Å². The second kappa shape index (κ2) is 7.68. The van der Waals surface area contributed by atoms with Gasteiger partial charge in [0.25, 0.3) is 0 Å². The average Bonchev–Trinajstić information content (AvgIpc) is 2.68. The van der Waals surface area contributed by atoms with Crippen molar-refractivity contribution < 1.29 is 4.74 Å². The second-order valence-electron chi connectivity index (χ2n) is 5.88. The summed E-state index contributed by atoms with van der Waals surface area (Å²) < 4.78 is 5.60. The Kier molecular flexibility index (Phi) is 5.90. The van der Waals surface area contributed by atoms with E-state index >= 15 is 0 Å². The van der Waals surface area contributed by atoms with Crippen LogP contribution in [-0.4, -0.2) is 31.1 Å². The van der Waals surface area contributed by atoms with E-state index in [0.717, 1.165) is 12.2 Å². The molecule has 1 aliphatic carbocycles. The molecule has 2 rings (SSSR count). The minimum atomic E-state index is 0.687. The van der Waals surface area contributed by atoms with Gasteiger partial charge in [-0.3, -0.25) is 0 Å². The number of rotatable bonds is 6. The monoisotopic (exact) mass is 275 g/mol. The van der Waals surface area contributed by atoms with Gasteiger partial charge >= 0.3 is 0 Å². The number of nitrogens with zero attached hydrogens (tertiary/aromatic N) is 1. The van der Waals surface area contributed by atoms with E-state index in [0.29, 0.717) is 6.04 Å². The Bertz CT molecular complexity index is 410. The average molecular weight is 275 g/mol. The van der Waals surface area contributed by atoms with E-state index in [2.05, 4.69) is 36.9 Å². The SMILES string of the molecule is CCCN(CCC)[C@H]1CCCc2cccc(OC)c2C1. The molecule has 0 saturated carbocycles. The van der Waals surface area contributed by atoms with E-state index in [4.69, 9.17) is 4.74 Å². The predicted molar refractivity (Wildman–Crippen MR) is 85.6 cm³/mol. The first-order valence-corrected chi connectivity index (χ1v) is 8.18. The van der Waals surface area contributed by atoms with Gasteiger partial charge in [-0.1, -0.05) is 26.0 Å². The second-order valence-corrected chi connectivity index (χ2v) is 5.88. The third-order valence-electron chi connectivity index (χ3n) is 4.41. The van der Waals surface area contributed by atoms with Crippen LogP contribution in [0.15, 0.2) is 18.2 Å². The highest BCUT2D eigenvalue weighted by atomic mass is 16.5. The fourth-order valence-corrected chi connectivity index (χ4v) is 3.50. The standard InChI is InChI=1S/C18H29NO/c1-4-12-19(13-5-2)16-10-6-8-15-9-7-11-18(20-3)17(15)14-16/h7,9,11,16H,4-6,8,10,12-14H2,1-3H3/t16-/m0/s1. The normalized spacial score (nSPS) is 18.7. The summed E-state index contributed by atoms with van der Waals surface area (Å²) in [7, 11) is 1.80. The molecule has 112 valence electrons. The zero-order valence-electron chi connectivity index (χ0n) is 13.3. The first kappa shape index (κ1) is 15.4. The van der Waals surface area contributed by atoms with Gasteiger partial charge in [0.2, 0.25) is 0 Å². The molecule has 2 heteroatoms. The van der Waals surface area contributed by atoms with Crippen LogP contribution in [0, 0.1) is 0 Å². The Morgan fingerprint density at radius 2 is 1.95 bits per heavy atom. The highest BCUT2D eigenvalue weighted by Gasteiger charge is 2.23. The summed E-state index contributed by atoms with van der Waals surface area (Å²) in [5.74, 6) is 1.09. The zero-order chi connectivity index (χ0) is 14.4. The number of aryl methyl sites for hydroxylation is 1. The summed E-state index contributed by atoms with van der Waals surface area (Å²) >= 11 is 0. The molecule has 1 aliphatic rings. The number of ether oxygens (including phenoxy) is 1. The van der Waals surface area contributed by atoms with Crippen LogP contribution < -0.4 is 4.74 Å². The third kappa shape index (κ3) is 3.54. The molecule has 1 aromatic carbocycles. The largest absolute Gasteiger partial charge is 0.496 e. The summed E-state index contributed by atoms with van der Waals surface area (Å²) in [5, 5.41) is 0. The van der Waals surface area contributed by atoms with Gasteiger partial charge in [0.05, 0.1) is 7.11 Å². The van der Waals surface area contributed by atoms with Gasteiger partial charge in [0.15, 0.2) is 0 Å². The van der Waals surface area contributed by atoms with Crippen LogP contribution in [0.5, 0.6) is 5.75 Å². The van der Waals surface area contributed by atoms with E-state index in [1.165, 1.54) is 56.3 Å². The minimum Gasteiger partial charge on any atom is -0.496 e. The molecule has 0 bridgehead atoms. The number of benzene rings is 1. The third-order valence-corrected chi connectivity index (χ3v) is 4.41. The van der Waals surface area contributed by atoms with Crippen molar-refractivity contribution in [3.8, 4) is 5.75 Å². The van der Waals surface area contributed by atoms with Gasteiger partial charge in [0.1, 0.15) is 5.75 Å². The summed E-state index contributed by atoms with van der Waals surface area (Å²) in [6.45, 7) is 7.02. The van der Waals surface area contributed by atoms with Crippen molar-refractivity contribution >= 4 is 0 Å². The molecule has 0 aliphatic heterocycles. The van der Waals surface area contributed by atoms with Crippen LogP contribution in [0.3, 0.4) is 0 Å². The van der Waals surface area contributed by atoms with Gasteiger partial charge in [-0.2, -0.15) is 0 Å². The lowest BCUT2D eigenvalue weighted by Gasteiger charge is -2.31. The molecule has 0 fully saturated rings. The first-order valence-electron chi connectivity index (χ1n) is 8.18. The van der Waals surface area contributed by atoms with Crippen LogP contribution in [0.1, 0.15) is 50.7 Å². The highest BCUT2D eigenvalue weighted by molar-refractivity contribution is 5.41. The minimum absolute atomic E-state index is 0.687. The molecule has 1 aromatic rings. The van der Waals surface area contributed by atoms with Crippen molar-refractivity contribution in [1.82, 2.24) is 4.90 Å². The molecule has 20 heavy (non-hydrogen) atoms. The fraction of sp³-hybridized carbons (Fsp3) is 0.667. The number of methoxy groups -OCH3 is 1. The predicted octanol–water partition coefficient (Wildman–Crippen LogP) is 4.06. The maximum absolute atomic E-state index is 5.60. The summed E-state index contributed by atoms with van der Waals surface area (Å²) in [4.78, 5) is 2.70. The molecular formula is C18H29NO. The molecule has 0 heterocycles. The van der Waals surface area contributed by atoms with Crippen LogP contribution in [0.25, 0.3) is 0 Å². The maximum Gasteiger partial charge on any atom is 0.122 e. The van der Waals surface area contributed by atoms with E-state index in [1.807, 2.05) is 0 Å². The van der Waals surface area contributed by atoms with Crippen molar-refractivity contribution in [3.05, 3.63) is 29.3 Å². The zero-order valence-corrected chi connectivity index (χ0v) is 13.3. The molecule has 0 N–H and O–H groups in total. The number of hydrogen-bond donors (Lipinski definition) is 0. The fourth-order valence-electron chi connectivity index (χ4n) is 3.50. The number of hydrogen-bond acceptors (Lipinski definition) is 2. The van der Waals surface area contributed by atoms with Crippen molar-refractivity contribution in [2.24, 2.45) is 0 Å².